The molecule has 0 spiro atoms. The van der Waals surface area contributed by atoms with E-state index in [-0.39, 0.29) is 12.4 Å². The second kappa shape index (κ2) is 6.84. The van der Waals surface area contributed by atoms with Gasteiger partial charge < -0.3 is 9.47 Å². The predicted molar refractivity (Wildman–Crippen MR) is 106 cm³/mol. The number of aryl methyl sites for hydroxylation is 1. The smallest absolute Gasteiger partial charge is 0.0528 e. The average Bonchev–Trinajstić information content (AvgIpc) is 2.86. The summed E-state index contributed by atoms with van der Waals surface area (Å²) < 4.78 is 2.39. The second-order valence-electron chi connectivity index (χ2n) is 6.53. The molecule has 0 N–H and O–H groups in total. The first-order chi connectivity index (χ1) is 11.2. The van der Waals surface area contributed by atoms with E-state index >= 15 is 0 Å². The zero-order chi connectivity index (χ0) is 15.8. The van der Waals surface area contributed by atoms with Crippen LogP contribution in [0, 0.1) is 6.92 Å². The standard InChI is InChI=1S/C21H22N2.ClH/c1-16-8-9-20-18(14-16)19-15-22(2)12-11-21(19)23(20)13-10-17-6-4-3-5-7-17;/h3-10,13-14H,11-12,15H2,1-2H3;1H/b13-10-;. The minimum absolute atomic E-state index is 0. The van der Waals surface area contributed by atoms with Crippen LogP contribution in [0.5, 0.6) is 0 Å². The molecule has 1 aliphatic rings. The lowest BCUT2D eigenvalue weighted by Gasteiger charge is -2.23. The molecule has 3 aromatic rings. The molecule has 1 aliphatic heterocycles. The van der Waals surface area contributed by atoms with Gasteiger partial charge in [-0.15, -0.1) is 12.4 Å². The van der Waals surface area contributed by atoms with E-state index in [1.54, 1.807) is 0 Å². The van der Waals surface area contributed by atoms with E-state index in [9.17, 15) is 0 Å². The molecule has 4 rings (SSSR count). The fourth-order valence-electron chi connectivity index (χ4n) is 3.54. The molecule has 2 heterocycles. The van der Waals surface area contributed by atoms with Crippen molar-refractivity contribution < 1.29 is 0 Å². The Bertz CT molecular complexity index is 878. The van der Waals surface area contributed by atoms with Gasteiger partial charge >= 0.3 is 0 Å². The molecule has 24 heavy (non-hydrogen) atoms. The van der Waals surface area contributed by atoms with Crippen molar-refractivity contribution in [2.45, 2.75) is 19.9 Å². The quantitative estimate of drug-likeness (QED) is 0.639. The van der Waals surface area contributed by atoms with Crippen LogP contribution < -0.4 is 0 Å². The summed E-state index contributed by atoms with van der Waals surface area (Å²) in [6.45, 7) is 4.35. The SMILES string of the molecule is Cc1ccc2c(c1)c1c(n2/C=C\c2ccccc2)CCN(C)C1.Cl. The van der Waals surface area contributed by atoms with E-state index in [1.807, 2.05) is 0 Å². The van der Waals surface area contributed by atoms with Crippen molar-refractivity contribution in [3.63, 3.8) is 0 Å². The highest BCUT2D eigenvalue weighted by Gasteiger charge is 2.21. The summed E-state index contributed by atoms with van der Waals surface area (Å²) in [5.74, 6) is 0. The number of likely N-dealkylation sites (N-methyl/N-ethyl adjacent to an activating group) is 1. The summed E-state index contributed by atoms with van der Waals surface area (Å²) in [7, 11) is 2.21. The predicted octanol–water partition coefficient (Wildman–Crippen LogP) is 4.99. The highest BCUT2D eigenvalue weighted by atomic mass is 35.5. The maximum Gasteiger partial charge on any atom is 0.0528 e. The van der Waals surface area contributed by atoms with E-state index in [0.29, 0.717) is 0 Å². The molecule has 124 valence electrons. The second-order valence-corrected chi connectivity index (χ2v) is 6.53. The van der Waals surface area contributed by atoms with E-state index in [0.717, 1.165) is 19.5 Å². The van der Waals surface area contributed by atoms with Crippen LogP contribution in [-0.4, -0.2) is 23.1 Å². The lowest BCUT2D eigenvalue weighted by Crippen LogP contribution is -2.26. The van der Waals surface area contributed by atoms with Crippen molar-refractivity contribution in [2.24, 2.45) is 0 Å². The summed E-state index contributed by atoms with van der Waals surface area (Å²) in [4.78, 5) is 2.41. The number of halogens is 1. The third-order valence-corrected chi connectivity index (χ3v) is 4.75. The maximum absolute atomic E-state index is 2.41. The molecule has 1 aromatic heterocycles. The number of hydrogen-bond donors (Lipinski definition) is 0. The Balaban J connectivity index is 0.00000169. The molecule has 0 atom stereocenters. The van der Waals surface area contributed by atoms with Crippen molar-refractivity contribution >= 4 is 35.6 Å². The molecule has 0 saturated heterocycles. The first-order valence-corrected chi connectivity index (χ1v) is 8.26. The van der Waals surface area contributed by atoms with Crippen LogP contribution in [0.3, 0.4) is 0 Å². The van der Waals surface area contributed by atoms with Gasteiger partial charge in [-0.3, -0.25) is 0 Å². The summed E-state index contributed by atoms with van der Waals surface area (Å²) in [5.41, 5.74) is 6.86. The van der Waals surface area contributed by atoms with E-state index in [2.05, 4.69) is 84.2 Å². The molecule has 0 bridgehead atoms. The van der Waals surface area contributed by atoms with Gasteiger partial charge in [0.25, 0.3) is 0 Å². The van der Waals surface area contributed by atoms with Gasteiger partial charge in [0.05, 0.1) is 5.52 Å². The summed E-state index contributed by atoms with van der Waals surface area (Å²) in [6.07, 6.45) is 5.55. The normalized spacial score (nSPS) is 14.8. The first-order valence-electron chi connectivity index (χ1n) is 8.26. The third-order valence-electron chi connectivity index (χ3n) is 4.75. The lowest BCUT2D eigenvalue weighted by molar-refractivity contribution is 0.312. The number of benzene rings is 2. The largest absolute Gasteiger partial charge is 0.320 e. The van der Waals surface area contributed by atoms with Gasteiger partial charge in [-0.05, 0) is 43.3 Å². The Hall–Kier alpha value is -2.03. The van der Waals surface area contributed by atoms with Crippen molar-refractivity contribution in [3.8, 4) is 0 Å². The summed E-state index contributed by atoms with van der Waals surface area (Å²) in [5, 5.41) is 1.41. The van der Waals surface area contributed by atoms with Gasteiger partial charge in [0.2, 0.25) is 0 Å². The van der Waals surface area contributed by atoms with Gasteiger partial charge in [-0.1, -0.05) is 42.0 Å². The van der Waals surface area contributed by atoms with Crippen molar-refractivity contribution in [1.29, 1.82) is 0 Å². The summed E-state index contributed by atoms with van der Waals surface area (Å²) >= 11 is 0. The van der Waals surface area contributed by atoms with Crippen LogP contribution >= 0.6 is 12.4 Å². The van der Waals surface area contributed by atoms with Gasteiger partial charge in [-0.2, -0.15) is 0 Å². The average molecular weight is 339 g/mol. The molecular weight excluding hydrogens is 316 g/mol. The van der Waals surface area contributed by atoms with Crippen molar-refractivity contribution in [1.82, 2.24) is 9.47 Å². The van der Waals surface area contributed by atoms with E-state index in [1.165, 1.54) is 33.3 Å². The Labute approximate surface area is 149 Å². The number of aromatic nitrogens is 1. The van der Waals surface area contributed by atoms with Gasteiger partial charge in [0.1, 0.15) is 0 Å². The summed E-state index contributed by atoms with van der Waals surface area (Å²) in [6, 6.07) is 17.3. The molecule has 0 unspecified atom stereocenters. The Kier molecular flexibility index (Phi) is 4.79. The number of nitrogens with zero attached hydrogens (tertiary/aromatic N) is 2. The number of hydrogen-bond acceptors (Lipinski definition) is 1. The molecule has 3 heteroatoms. The van der Waals surface area contributed by atoms with Gasteiger partial charge in [0.15, 0.2) is 0 Å². The monoisotopic (exact) mass is 338 g/mol. The molecule has 2 aromatic carbocycles. The van der Waals surface area contributed by atoms with Crippen LogP contribution in [-0.2, 0) is 13.0 Å². The van der Waals surface area contributed by atoms with Crippen LogP contribution in [0.1, 0.15) is 22.4 Å². The first kappa shape index (κ1) is 16.8. The third kappa shape index (κ3) is 3.00. The molecule has 0 radical (unpaired) electrons. The molecule has 0 aliphatic carbocycles. The highest BCUT2D eigenvalue weighted by Crippen LogP contribution is 2.31. The Morgan fingerprint density at radius 1 is 1.04 bits per heavy atom. The fraction of sp³-hybridized carbons (Fsp3) is 0.238. The molecule has 0 amide bonds. The van der Waals surface area contributed by atoms with Gasteiger partial charge in [-0.25, -0.2) is 0 Å². The van der Waals surface area contributed by atoms with Crippen LogP contribution in [0.15, 0.2) is 48.5 Å². The van der Waals surface area contributed by atoms with Crippen molar-refractivity contribution in [3.05, 3.63) is 70.9 Å². The topological polar surface area (TPSA) is 8.17 Å². The van der Waals surface area contributed by atoms with Crippen LogP contribution in [0.2, 0.25) is 0 Å². The molecule has 2 nitrogen and oxygen atoms in total. The van der Waals surface area contributed by atoms with E-state index < -0.39 is 0 Å². The number of rotatable bonds is 2. The Morgan fingerprint density at radius 3 is 2.62 bits per heavy atom. The van der Waals surface area contributed by atoms with Gasteiger partial charge in [0, 0.05) is 36.8 Å². The Morgan fingerprint density at radius 2 is 1.83 bits per heavy atom. The number of fused-ring (bicyclic) bond motifs is 3. The van der Waals surface area contributed by atoms with E-state index in [4.69, 9.17) is 0 Å². The molecule has 0 fully saturated rings. The lowest BCUT2D eigenvalue weighted by atomic mass is 10.0. The van der Waals surface area contributed by atoms with Crippen LogP contribution in [0.4, 0.5) is 0 Å². The maximum atomic E-state index is 2.41. The minimum atomic E-state index is 0. The highest BCUT2D eigenvalue weighted by molar-refractivity contribution is 5.89. The minimum Gasteiger partial charge on any atom is -0.320 e. The molecule has 0 saturated carbocycles. The molecular formula is C21H23ClN2. The fourth-order valence-corrected chi connectivity index (χ4v) is 3.54. The van der Waals surface area contributed by atoms with Crippen LogP contribution in [0.25, 0.3) is 23.2 Å². The zero-order valence-corrected chi connectivity index (χ0v) is 15.0. The zero-order valence-electron chi connectivity index (χ0n) is 14.2. The van der Waals surface area contributed by atoms with Crippen molar-refractivity contribution in [2.75, 3.05) is 13.6 Å².